The lowest BCUT2D eigenvalue weighted by Crippen LogP contribution is -2.66. The summed E-state index contributed by atoms with van der Waals surface area (Å²) in [6.07, 6.45) is 5.52. The number of ether oxygens (including phenoxy) is 1. The second-order valence-corrected chi connectivity index (χ2v) is 6.29. The van der Waals surface area contributed by atoms with E-state index in [1.54, 1.807) is 0 Å². The third-order valence-corrected chi connectivity index (χ3v) is 4.99. The van der Waals surface area contributed by atoms with Gasteiger partial charge in [-0.3, -0.25) is 4.79 Å². The molecule has 1 fully saturated rings. The summed E-state index contributed by atoms with van der Waals surface area (Å²) in [6.45, 7) is -0.236. The maximum absolute atomic E-state index is 12.2. The summed E-state index contributed by atoms with van der Waals surface area (Å²) in [6, 6.07) is 9.36. The summed E-state index contributed by atoms with van der Waals surface area (Å²) in [5, 5.41) is 19.4. The first kappa shape index (κ1) is 16.7. The zero-order valence-electron chi connectivity index (χ0n) is 13.8. The third kappa shape index (κ3) is 2.72. The topological polar surface area (TPSA) is 73.6 Å². The monoisotopic (exact) mass is 326 g/mol. The summed E-state index contributed by atoms with van der Waals surface area (Å²) in [5.74, 6) is -0.421. The van der Waals surface area contributed by atoms with Crippen molar-refractivity contribution in [3.63, 3.8) is 0 Å². The third-order valence-electron chi connectivity index (χ3n) is 4.99. The standard InChI is InChI=1S/C19H22N2O3/c1-24-12-18(23)21-16(10-20)19(17(21)11-22)15-9-5-4-8-14(15)13-6-2-3-7-13/h4-6,8-9,16-17,19,22H,2-3,7,11-12H2,1H3/t16-,17-,19+/m0/s1. The van der Waals surface area contributed by atoms with Crippen LogP contribution in [-0.4, -0.2) is 48.3 Å². The summed E-state index contributed by atoms with van der Waals surface area (Å²) in [5.41, 5.74) is 3.51. The van der Waals surface area contributed by atoms with Crippen molar-refractivity contribution in [2.24, 2.45) is 0 Å². The van der Waals surface area contributed by atoms with Gasteiger partial charge in [0.15, 0.2) is 0 Å². The Morgan fingerprint density at radius 1 is 1.46 bits per heavy atom. The number of allylic oxidation sites excluding steroid dienone is 2. The zero-order chi connectivity index (χ0) is 17.1. The van der Waals surface area contributed by atoms with Gasteiger partial charge in [0.25, 0.3) is 0 Å². The number of amides is 1. The highest BCUT2D eigenvalue weighted by Gasteiger charge is 2.52. The summed E-state index contributed by atoms with van der Waals surface area (Å²) < 4.78 is 4.90. The molecule has 5 nitrogen and oxygen atoms in total. The van der Waals surface area contributed by atoms with Crippen LogP contribution in [0.1, 0.15) is 36.3 Å². The van der Waals surface area contributed by atoms with Crippen LogP contribution in [-0.2, 0) is 9.53 Å². The molecule has 2 aliphatic rings. The fourth-order valence-electron chi connectivity index (χ4n) is 3.92. The van der Waals surface area contributed by atoms with Crippen LogP contribution in [0.4, 0.5) is 0 Å². The summed E-state index contributed by atoms with van der Waals surface area (Å²) in [7, 11) is 1.45. The van der Waals surface area contributed by atoms with Crippen LogP contribution in [0.5, 0.6) is 0 Å². The van der Waals surface area contributed by atoms with E-state index in [4.69, 9.17) is 4.74 Å². The number of benzene rings is 1. The Balaban J connectivity index is 1.95. The van der Waals surface area contributed by atoms with Crippen molar-refractivity contribution < 1.29 is 14.6 Å². The average molecular weight is 326 g/mol. The Bertz CT molecular complexity index is 692. The van der Waals surface area contributed by atoms with Gasteiger partial charge in [0.2, 0.25) is 5.91 Å². The van der Waals surface area contributed by atoms with Gasteiger partial charge in [-0.25, -0.2) is 0 Å². The van der Waals surface area contributed by atoms with Crippen molar-refractivity contribution in [3.05, 3.63) is 41.5 Å². The van der Waals surface area contributed by atoms with E-state index in [2.05, 4.69) is 18.2 Å². The number of likely N-dealkylation sites (tertiary alicyclic amines) is 1. The number of rotatable bonds is 5. The summed E-state index contributed by atoms with van der Waals surface area (Å²) in [4.78, 5) is 13.7. The van der Waals surface area contributed by atoms with E-state index in [0.717, 1.165) is 30.4 Å². The minimum absolute atomic E-state index is 0.0752. The molecule has 3 atom stereocenters. The first-order chi connectivity index (χ1) is 11.7. The minimum Gasteiger partial charge on any atom is -0.394 e. The first-order valence-electron chi connectivity index (χ1n) is 8.31. The predicted octanol–water partition coefficient (Wildman–Crippen LogP) is 2.08. The van der Waals surface area contributed by atoms with E-state index in [9.17, 15) is 15.2 Å². The minimum atomic E-state index is -0.562. The van der Waals surface area contributed by atoms with Crippen LogP contribution in [0, 0.1) is 11.3 Å². The second kappa shape index (κ2) is 7.16. The van der Waals surface area contributed by atoms with Crippen LogP contribution in [0.3, 0.4) is 0 Å². The molecule has 5 heteroatoms. The van der Waals surface area contributed by atoms with E-state index >= 15 is 0 Å². The number of aliphatic hydroxyl groups excluding tert-OH is 1. The molecule has 126 valence electrons. The maximum atomic E-state index is 12.2. The Kier molecular flexibility index (Phi) is 4.98. The van der Waals surface area contributed by atoms with E-state index < -0.39 is 6.04 Å². The molecule has 1 aliphatic heterocycles. The highest BCUT2D eigenvalue weighted by Crippen LogP contribution is 2.44. The molecule has 0 unspecified atom stereocenters. The van der Waals surface area contributed by atoms with E-state index in [0.29, 0.717) is 0 Å². The molecule has 1 aliphatic carbocycles. The van der Waals surface area contributed by atoms with Gasteiger partial charge >= 0.3 is 0 Å². The normalized spacial score (nSPS) is 25.8. The predicted molar refractivity (Wildman–Crippen MR) is 90.0 cm³/mol. The quantitative estimate of drug-likeness (QED) is 0.899. The van der Waals surface area contributed by atoms with Crippen molar-refractivity contribution in [1.29, 1.82) is 5.26 Å². The highest BCUT2D eigenvalue weighted by atomic mass is 16.5. The van der Waals surface area contributed by atoms with E-state index in [-0.39, 0.29) is 31.1 Å². The molecule has 1 aromatic rings. The Hall–Kier alpha value is -2.16. The molecule has 1 amide bonds. The highest BCUT2D eigenvalue weighted by molar-refractivity contribution is 5.81. The van der Waals surface area contributed by atoms with Crippen LogP contribution in [0.2, 0.25) is 0 Å². The van der Waals surface area contributed by atoms with E-state index in [1.807, 2.05) is 18.2 Å². The second-order valence-electron chi connectivity index (χ2n) is 6.29. The number of hydrogen-bond donors (Lipinski definition) is 1. The van der Waals surface area contributed by atoms with Gasteiger partial charge in [-0.2, -0.15) is 5.26 Å². The Morgan fingerprint density at radius 3 is 2.88 bits per heavy atom. The molecule has 1 aromatic carbocycles. The van der Waals surface area contributed by atoms with Crippen molar-refractivity contribution in [2.75, 3.05) is 20.3 Å². The van der Waals surface area contributed by atoms with Gasteiger partial charge in [-0.15, -0.1) is 0 Å². The van der Waals surface area contributed by atoms with Gasteiger partial charge in [0.1, 0.15) is 12.6 Å². The van der Waals surface area contributed by atoms with Crippen molar-refractivity contribution in [2.45, 2.75) is 37.3 Å². The van der Waals surface area contributed by atoms with Crippen LogP contribution in [0.15, 0.2) is 30.3 Å². The lowest BCUT2D eigenvalue weighted by molar-refractivity contribution is -0.150. The van der Waals surface area contributed by atoms with Crippen molar-refractivity contribution >= 4 is 11.5 Å². The Labute approximate surface area is 142 Å². The number of hydrogen-bond acceptors (Lipinski definition) is 4. The molecule has 24 heavy (non-hydrogen) atoms. The molecule has 0 aromatic heterocycles. The van der Waals surface area contributed by atoms with Crippen LogP contribution >= 0.6 is 0 Å². The van der Waals surface area contributed by atoms with E-state index in [1.165, 1.54) is 17.6 Å². The lowest BCUT2D eigenvalue weighted by Gasteiger charge is -2.52. The molecule has 1 heterocycles. The molecule has 0 radical (unpaired) electrons. The van der Waals surface area contributed by atoms with Gasteiger partial charge in [0.05, 0.1) is 18.7 Å². The SMILES string of the molecule is COCC(=O)N1[C@@H](C#N)[C@@H](c2ccccc2C2=CCCC2)[C@@H]1CO. The van der Waals surface area contributed by atoms with Gasteiger partial charge in [0, 0.05) is 13.0 Å². The number of aliphatic hydroxyl groups is 1. The van der Waals surface area contributed by atoms with Gasteiger partial charge in [-0.1, -0.05) is 30.3 Å². The number of carbonyl (C=O) groups is 1. The number of nitriles is 1. The molecular weight excluding hydrogens is 304 g/mol. The molecular formula is C19H22N2O3. The number of carbonyl (C=O) groups excluding carboxylic acids is 1. The Morgan fingerprint density at radius 2 is 2.25 bits per heavy atom. The smallest absolute Gasteiger partial charge is 0.249 e. The van der Waals surface area contributed by atoms with Crippen molar-refractivity contribution in [1.82, 2.24) is 4.90 Å². The number of methoxy groups -OCH3 is 1. The van der Waals surface area contributed by atoms with Gasteiger partial charge in [-0.05, 0) is 36.0 Å². The number of nitrogens with zero attached hydrogens (tertiary/aromatic N) is 2. The van der Waals surface area contributed by atoms with Crippen molar-refractivity contribution in [3.8, 4) is 6.07 Å². The average Bonchev–Trinajstić information content (AvgIpc) is 3.10. The lowest BCUT2D eigenvalue weighted by atomic mass is 9.73. The molecule has 3 rings (SSSR count). The largest absolute Gasteiger partial charge is 0.394 e. The zero-order valence-corrected chi connectivity index (χ0v) is 13.8. The molecule has 1 N–H and O–H groups in total. The maximum Gasteiger partial charge on any atom is 0.249 e. The van der Waals surface area contributed by atoms with Crippen LogP contribution in [0.25, 0.3) is 5.57 Å². The first-order valence-corrected chi connectivity index (χ1v) is 8.31. The molecule has 0 bridgehead atoms. The van der Waals surface area contributed by atoms with Crippen LogP contribution < -0.4 is 0 Å². The fourth-order valence-corrected chi connectivity index (χ4v) is 3.92. The fraction of sp³-hybridized carbons (Fsp3) is 0.474. The van der Waals surface area contributed by atoms with Gasteiger partial charge < -0.3 is 14.7 Å². The molecule has 0 spiro atoms. The summed E-state index contributed by atoms with van der Waals surface area (Å²) >= 11 is 0. The molecule has 1 saturated heterocycles. The molecule has 0 saturated carbocycles.